The first kappa shape index (κ1) is 23.7. The Balaban J connectivity index is 0.00000392. The predicted octanol–water partition coefficient (Wildman–Crippen LogP) is 3.84. The largest absolute Gasteiger partial charge is 0.352 e. The lowest BCUT2D eigenvalue weighted by molar-refractivity contribution is 0.250. The first-order valence-corrected chi connectivity index (χ1v) is 8.81. The van der Waals surface area contributed by atoms with Crippen LogP contribution in [0.25, 0.3) is 0 Å². The van der Waals surface area contributed by atoms with Gasteiger partial charge in [0, 0.05) is 31.9 Å². The number of guanidine groups is 1. The summed E-state index contributed by atoms with van der Waals surface area (Å²) in [7, 11) is 1.68. The summed E-state index contributed by atoms with van der Waals surface area (Å²) in [6, 6.07) is 13.8. The lowest BCUT2D eigenvalue weighted by Gasteiger charge is -2.13. The summed E-state index contributed by atoms with van der Waals surface area (Å²) in [6.07, 6.45) is 0. The Hall–Kier alpha value is -2.36. The van der Waals surface area contributed by atoms with Gasteiger partial charge in [-0.25, -0.2) is 9.18 Å². The van der Waals surface area contributed by atoms with Gasteiger partial charge in [0.2, 0.25) is 0 Å². The van der Waals surface area contributed by atoms with Gasteiger partial charge in [0.05, 0.1) is 0 Å². The molecule has 0 saturated heterocycles. The van der Waals surface area contributed by atoms with Crippen molar-refractivity contribution in [2.75, 3.05) is 12.4 Å². The van der Waals surface area contributed by atoms with Gasteiger partial charge in [0.15, 0.2) is 5.96 Å². The molecule has 0 aliphatic heterocycles. The van der Waals surface area contributed by atoms with E-state index in [1.807, 2.05) is 44.2 Å². The lowest BCUT2D eigenvalue weighted by Crippen LogP contribution is -2.36. The van der Waals surface area contributed by atoms with Crippen molar-refractivity contribution in [1.82, 2.24) is 16.0 Å². The molecule has 0 saturated carbocycles. The minimum atomic E-state index is -0.256. The second kappa shape index (κ2) is 12.2. The molecule has 0 aliphatic carbocycles. The van der Waals surface area contributed by atoms with Crippen molar-refractivity contribution in [3.8, 4) is 0 Å². The molecule has 4 N–H and O–H groups in total. The van der Waals surface area contributed by atoms with Crippen LogP contribution in [0.4, 0.5) is 14.9 Å². The van der Waals surface area contributed by atoms with Gasteiger partial charge >= 0.3 is 6.03 Å². The molecule has 2 amide bonds. The van der Waals surface area contributed by atoms with Crippen LogP contribution in [0.15, 0.2) is 53.5 Å². The quantitative estimate of drug-likeness (QED) is 0.277. The molecule has 0 bridgehead atoms. The number of benzene rings is 2. The molecule has 0 fully saturated rings. The van der Waals surface area contributed by atoms with Crippen LogP contribution in [-0.4, -0.2) is 25.1 Å². The number of nitrogens with one attached hydrogen (secondary N) is 4. The third kappa shape index (κ3) is 8.55. The molecule has 0 atom stereocenters. The molecule has 2 rings (SSSR count). The summed E-state index contributed by atoms with van der Waals surface area (Å²) in [5.41, 5.74) is 2.61. The molecule has 8 heteroatoms. The van der Waals surface area contributed by atoms with E-state index in [1.54, 1.807) is 13.1 Å². The summed E-state index contributed by atoms with van der Waals surface area (Å²) < 4.78 is 13.2. The zero-order chi connectivity index (χ0) is 19.6. The van der Waals surface area contributed by atoms with Crippen molar-refractivity contribution in [1.29, 1.82) is 0 Å². The Morgan fingerprint density at radius 3 is 2.25 bits per heavy atom. The van der Waals surface area contributed by atoms with E-state index in [-0.39, 0.29) is 41.9 Å². The van der Waals surface area contributed by atoms with Crippen LogP contribution in [-0.2, 0) is 13.1 Å². The van der Waals surface area contributed by atoms with Crippen molar-refractivity contribution in [2.45, 2.75) is 33.0 Å². The van der Waals surface area contributed by atoms with Crippen LogP contribution in [0.5, 0.6) is 0 Å². The smallest absolute Gasteiger partial charge is 0.319 e. The molecule has 0 spiro atoms. The Morgan fingerprint density at radius 2 is 1.68 bits per heavy atom. The number of nitrogens with zero attached hydrogens (tertiary/aromatic N) is 1. The van der Waals surface area contributed by atoms with Crippen LogP contribution >= 0.6 is 24.0 Å². The Bertz CT molecular complexity index is 780. The summed E-state index contributed by atoms with van der Waals surface area (Å²) in [5.74, 6) is 0.366. The first-order chi connectivity index (χ1) is 13.0. The van der Waals surface area contributed by atoms with E-state index in [0.29, 0.717) is 19.0 Å². The van der Waals surface area contributed by atoms with E-state index in [2.05, 4.69) is 26.3 Å². The lowest BCUT2D eigenvalue weighted by atomic mass is 10.2. The van der Waals surface area contributed by atoms with Crippen LogP contribution in [0.1, 0.15) is 25.0 Å². The number of urea groups is 1. The highest BCUT2D eigenvalue weighted by Gasteiger charge is 2.04. The zero-order valence-electron chi connectivity index (χ0n) is 16.3. The fourth-order valence-electron chi connectivity index (χ4n) is 2.37. The van der Waals surface area contributed by atoms with Gasteiger partial charge < -0.3 is 21.3 Å². The maximum atomic E-state index is 13.2. The third-order valence-electron chi connectivity index (χ3n) is 3.66. The second-order valence-electron chi connectivity index (χ2n) is 6.36. The van der Waals surface area contributed by atoms with Crippen molar-refractivity contribution in [2.24, 2.45) is 4.99 Å². The number of carbonyl (C=O) groups is 1. The van der Waals surface area contributed by atoms with E-state index in [0.717, 1.165) is 16.8 Å². The van der Waals surface area contributed by atoms with Crippen molar-refractivity contribution in [3.63, 3.8) is 0 Å². The van der Waals surface area contributed by atoms with Gasteiger partial charge in [-0.15, -0.1) is 24.0 Å². The Morgan fingerprint density at radius 1 is 1.04 bits per heavy atom. The molecule has 28 heavy (non-hydrogen) atoms. The van der Waals surface area contributed by atoms with Crippen LogP contribution < -0.4 is 21.3 Å². The van der Waals surface area contributed by atoms with Crippen molar-refractivity contribution < 1.29 is 9.18 Å². The van der Waals surface area contributed by atoms with Crippen LogP contribution in [0.2, 0.25) is 0 Å². The normalized spacial score (nSPS) is 10.8. The molecule has 0 heterocycles. The van der Waals surface area contributed by atoms with Crippen molar-refractivity contribution >= 4 is 41.7 Å². The number of hydrogen-bond acceptors (Lipinski definition) is 2. The zero-order valence-corrected chi connectivity index (χ0v) is 18.6. The topological polar surface area (TPSA) is 77.5 Å². The van der Waals surface area contributed by atoms with E-state index in [4.69, 9.17) is 0 Å². The highest BCUT2D eigenvalue weighted by Crippen LogP contribution is 2.09. The monoisotopic (exact) mass is 499 g/mol. The minimum Gasteiger partial charge on any atom is -0.352 e. The molecule has 0 unspecified atom stereocenters. The molecule has 0 aromatic heterocycles. The summed E-state index contributed by atoms with van der Waals surface area (Å²) in [6.45, 7) is 4.86. The minimum absolute atomic E-state index is 0. The van der Waals surface area contributed by atoms with Gasteiger partial charge in [-0.3, -0.25) is 4.99 Å². The number of anilines is 1. The third-order valence-corrected chi connectivity index (χ3v) is 3.66. The average molecular weight is 499 g/mol. The molecular weight excluding hydrogens is 472 g/mol. The van der Waals surface area contributed by atoms with Gasteiger partial charge in [0.25, 0.3) is 0 Å². The average Bonchev–Trinajstić information content (AvgIpc) is 2.62. The molecule has 2 aromatic carbocycles. The van der Waals surface area contributed by atoms with E-state index >= 15 is 0 Å². The van der Waals surface area contributed by atoms with Crippen LogP contribution in [0.3, 0.4) is 0 Å². The molecule has 0 radical (unpaired) electrons. The molecular formula is C20H27FIN5O. The number of rotatable bonds is 6. The summed E-state index contributed by atoms with van der Waals surface area (Å²) in [4.78, 5) is 15.9. The fraction of sp³-hybridized carbons (Fsp3) is 0.300. The maximum absolute atomic E-state index is 13.2. The van der Waals surface area contributed by atoms with E-state index in [9.17, 15) is 9.18 Å². The summed E-state index contributed by atoms with van der Waals surface area (Å²) >= 11 is 0. The summed E-state index contributed by atoms with van der Waals surface area (Å²) in [5, 5.41) is 11.9. The van der Waals surface area contributed by atoms with Crippen LogP contribution in [0, 0.1) is 5.82 Å². The Labute approximate surface area is 182 Å². The molecule has 6 nitrogen and oxygen atoms in total. The fourth-order valence-corrected chi connectivity index (χ4v) is 2.37. The number of hydrogen-bond donors (Lipinski definition) is 4. The van der Waals surface area contributed by atoms with Gasteiger partial charge in [-0.1, -0.05) is 24.3 Å². The number of amides is 2. The predicted molar refractivity (Wildman–Crippen MR) is 123 cm³/mol. The molecule has 2 aromatic rings. The van der Waals surface area contributed by atoms with E-state index in [1.165, 1.54) is 12.1 Å². The van der Waals surface area contributed by atoms with Crippen molar-refractivity contribution in [3.05, 3.63) is 65.5 Å². The first-order valence-electron chi connectivity index (χ1n) is 8.81. The maximum Gasteiger partial charge on any atom is 0.319 e. The second-order valence-corrected chi connectivity index (χ2v) is 6.36. The highest BCUT2D eigenvalue weighted by molar-refractivity contribution is 14.0. The number of carbonyl (C=O) groups excluding carboxylic acids is 1. The SMILES string of the molecule is CN=C(NCc1ccc(NC(=O)NC(C)C)cc1)NCc1cccc(F)c1.I. The standard InChI is InChI=1S/C20H26FN5O.HI/c1-14(2)25-20(27)26-18-9-7-15(8-10-18)12-23-19(22-3)24-13-16-5-4-6-17(21)11-16;/h4-11,14H,12-13H2,1-3H3,(H2,22,23,24)(H2,25,26,27);1H. The number of aliphatic imine (C=N–C) groups is 1. The highest BCUT2D eigenvalue weighted by atomic mass is 127. The Kier molecular flexibility index (Phi) is 10.3. The molecule has 0 aliphatic rings. The van der Waals surface area contributed by atoms with Gasteiger partial charge in [-0.2, -0.15) is 0 Å². The molecule has 152 valence electrons. The van der Waals surface area contributed by atoms with Gasteiger partial charge in [-0.05, 0) is 49.2 Å². The van der Waals surface area contributed by atoms with E-state index < -0.39 is 0 Å². The number of halogens is 2. The van der Waals surface area contributed by atoms with Gasteiger partial charge in [0.1, 0.15) is 5.82 Å².